The van der Waals surface area contributed by atoms with Crippen molar-refractivity contribution in [2.45, 2.75) is 25.5 Å². The molecule has 1 N–H and O–H groups in total. The Morgan fingerprint density at radius 3 is 3.00 bits per heavy atom. The van der Waals surface area contributed by atoms with Crippen LogP contribution in [-0.4, -0.2) is 32.5 Å². The first kappa shape index (κ1) is 15.6. The van der Waals surface area contributed by atoms with Crippen LogP contribution in [0.15, 0.2) is 55.1 Å². The van der Waals surface area contributed by atoms with E-state index in [-0.39, 0.29) is 6.10 Å². The lowest BCUT2D eigenvalue weighted by atomic mass is 10.2. The molecule has 1 aromatic carbocycles. The zero-order valence-electron chi connectivity index (χ0n) is 13.7. The van der Waals surface area contributed by atoms with E-state index in [1.54, 1.807) is 12.3 Å². The monoisotopic (exact) mass is 337 g/mol. The van der Waals surface area contributed by atoms with Crippen LogP contribution in [0.1, 0.15) is 12.8 Å². The van der Waals surface area contributed by atoms with Gasteiger partial charge in [0.1, 0.15) is 17.9 Å². The molecule has 25 heavy (non-hydrogen) atoms. The number of rotatable bonds is 6. The molecule has 128 valence electrons. The largest absolute Gasteiger partial charge is 0.439 e. The van der Waals surface area contributed by atoms with Crippen LogP contribution in [0.5, 0.6) is 11.6 Å². The van der Waals surface area contributed by atoms with E-state index in [4.69, 9.17) is 9.47 Å². The molecule has 3 aromatic rings. The van der Waals surface area contributed by atoms with Crippen molar-refractivity contribution in [3.8, 4) is 11.6 Å². The highest BCUT2D eigenvalue weighted by Gasteiger charge is 2.16. The predicted molar refractivity (Wildman–Crippen MR) is 93.0 cm³/mol. The van der Waals surface area contributed by atoms with E-state index in [9.17, 15) is 0 Å². The van der Waals surface area contributed by atoms with Crippen molar-refractivity contribution in [2.24, 2.45) is 0 Å². The van der Waals surface area contributed by atoms with Gasteiger partial charge in [-0.05, 0) is 25.0 Å². The number of anilines is 2. The van der Waals surface area contributed by atoms with Crippen LogP contribution in [0.4, 0.5) is 11.5 Å². The van der Waals surface area contributed by atoms with Crippen LogP contribution >= 0.6 is 0 Å². The number of nitrogens with zero attached hydrogens (tertiary/aromatic N) is 4. The molecule has 0 saturated carbocycles. The van der Waals surface area contributed by atoms with Gasteiger partial charge in [-0.2, -0.15) is 5.10 Å². The fraction of sp³-hybridized carbons (Fsp3) is 0.278. The molecule has 0 spiro atoms. The van der Waals surface area contributed by atoms with Crippen molar-refractivity contribution in [2.75, 3.05) is 11.9 Å². The second-order valence-corrected chi connectivity index (χ2v) is 5.87. The molecule has 7 heteroatoms. The number of para-hydroxylation sites is 1. The van der Waals surface area contributed by atoms with Gasteiger partial charge in [0.2, 0.25) is 5.88 Å². The first-order valence-electron chi connectivity index (χ1n) is 8.31. The van der Waals surface area contributed by atoms with Gasteiger partial charge in [-0.15, -0.1) is 0 Å². The van der Waals surface area contributed by atoms with E-state index in [1.807, 2.05) is 41.2 Å². The number of benzene rings is 1. The van der Waals surface area contributed by atoms with Crippen molar-refractivity contribution in [1.82, 2.24) is 19.7 Å². The summed E-state index contributed by atoms with van der Waals surface area (Å²) in [5.41, 5.74) is 0.863. The fourth-order valence-corrected chi connectivity index (χ4v) is 2.75. The number of ether oxygens (including phenoxy) is 2. The summed E-state index contributed by atoms with van der Waals surface area (Å²) in [5.74, 6) is 1.87. The highest BCUT2D eigenvalue weighted by molar-refractivity contribution is 5.54. The van der Waals surface area contributed by atoms with E-state index in [1.165, 1.54) is 6.33 Å². The molecule has 1 atom stereocenters. The van der Waals surface area contributed by atoms with Gasteiger partial charge in [0, 0.05) is 18.9 Å². The van der Waals surface area contributed by atoms with E-state index < -0.39 is 0 Å². The summed E-state index contributed by atoms with van der Waals surface area (Å²) in [4.78, 5) is 8.36. The minimum atomic E-state index is 0.262. The average molecular weight is 337 g/mol. The quantitative estimate of drug-likeness (QED) is 0.743. The van der Waals surface area contributed by atoms with Gasteiger partial charge in [-0.3, -0.25) is 4.68 Å². The smallest absolute Gasteiger partial charge is 0.224 e. The molecule has 0 radical (unpaired) electrons. The molecule has 0 aliphatic carbocycles. The Kier molecular flexibility index (Phi) is 4.56. The Labute approximate surface area is 145 Å². The highest BCUT2D eigenvalue weighted by atomic mass is 16.5. The lowest BCUT2D eigenvalue weighted by Crippen LogP contribution is -2.15. The zero-order chi connectivity index (χ0) is 16.9. The van der Waals surface area contributed by atoms with E-state index in [0.717, 1.165) is 37.4 Å². The van der Waals surface area contributed by atoms with E-state index >= 15 is 0 Å². The Hall–Kier alpha value is -2.93. The molecule has 1 unspecified atom stereocenters. The van der Waals surface area contributed by atoms with Gasteiger partial charge in [-0.1, -0.05) is 18.2 Å². The van der Waals surface area contributed by atoms with Crippen LogP contribution in [0.3, 0.4) is 0 Å². The third-order valence-electron chi connectivity index (χ3n) is 3.93. The van der Waals surface area contributed by atoms with Gasteiger partial charge in [0.15, 0.2) is 0 Å². The van der Waals surface area contributed by atoms with Gasteiger partial charge < -0.3 is 14.8 Å². The molecule has 1 aliphatic heterocycles. The van der Waals surface area contributed by atoms with Crippen molar-refractivity contribution in [3.63, 3.8) is 0 Å². The molecule has 2 aromatic heterocycles. The molecule has 0 bridgehead atoms. The average Bonchev–Trinajstić information content (AvgIpc) is 3.29. The van der Waals surface area contributed by atoms with Crippen LogP contribution in [0, 0.1) is 0 Å². The Balaban J connectivity index is 1.40. The van der Waals surface area contributed by atoms with Crippen molar-refractivity contribution >= 4 is 11.5 Å². The van der Waals surface area contributed by atoms with Crippen LogP contribution in [-0.2, 0) is 11.3 Å². The second kappa shape index (κ2) is 7.31. The van der Waals surface area contributed by atoms with Crippen LogP contribution in [0.25, 0.3) is 0 Å². The summed E-state index contributed by atoms with van der Waals surface area (Å²) in [7, 11) is 0. The maximum absolute atomic E-state index is 5.72. The Bertz CT molecular complexity index is 815. The summed E-state index contributed by atoms with van der Waals surface area (Å²) in [6, 6.07) is 11.3. The first-order valence-corrected chi connectivity index (χ1v) is 8.31. The summed E-state index contributed by atoms with van der Waals surface area (Å²) in [6.45, 7) is 1.62. The lowest BCUT2D eigenvalue weighted by Gasteiger charge is -2.08. The van der Waals surface area contributed by atoms with Gasteiger partial charge in [-0.25, -0.2) is 9.97 Å². The van der Waals surface area contributed by atoms with Gasteiger partial charge in [0.05, 0.1) is 24.5 Å². The topological polar surface area (TPSA) is 74.1 Å². The molecule has 1 saturated heterocycles. The fourth-order valence-electron chi connectivity index (χ4n) is 2.75. The van der Waals surface area contributed by atoms with Crippen molar-refractivity contribution in [1.29, 1.82) is 0 Å². The molecule has 4 rings (SSSR count). The Morgan fingerprint density at radius 2 is 2.16 bits per heavy atom. The Morgan fingerprint density at radius 1 is 1.24 bits per heavy atom. The summed E-state index contributed by atoms with van der Waals surface area (Å²) < 4.78 is 13.3. The van der Waals surface area contributed by atoms with E-state index in [0.29, 0.717) is 11.7 Å². The van der Waals surface area contributed by atoms with Crippen molar-refractivity contribution in [3.05, 3.63) is 55.1 Å². The minimum absolute atomic E-state index is 0.262. The number of hydrogen-bond acceptors (Lipinski definition) is 6. The maximum atomic E-state index is 5.72. The highest BCUT2D eigenvalue weighted by Crippen LogP contribution is 2.22. The molecule has 7 nitrogen and oxygen atoms in total. The standard InChI is InChI=1S/C18H19N5O2/c1-2-5-15(6-3-1)25-18-9-17(19-13-20-18)22-14-10-21-23(11-14)12-16-7-4-8-24-16/h1-3,5-6,9-11,13,16H,4,7-8,12H2,(H,19,20,22). The van der Waals surface area contributed by atoms with Crippen molar-refractivity contribution < 1.29 is 9.47 Å². The predicted octanol–water partition coefficient (Wildman–Crippen LogP) is 3.39. The molecular formula is C18H19N5O2. The summed E-state index contributed by atoms with van der Waals surface area (Å²) in [6.07, 6.45) is 7.67. The molecule has 1 fully saturated rings. The molecule has 3 heterocycles. The number of nitrogens with one attached hydrogen (secondary N) is 1. The van der Waals surface area contributed by atoms with E-state index in [2.05, 4.69) is 20.4 Å². The van der Waals surface area contributed by atoms with Crippen LogP contribution < -0.4 is 10.1 Å². The third-order valence-corrected chi connectivity index (χ3v) is 3.93. The summed E-state index contributed by atoms with van der Waals surface area (Å²) >= 11 is 0. The SMILES string of the molecule is c1ccc(Oc2cc(Nc3cnn(CC4CCCO4)c3)ncn2)cc1. The van der Waals surface area contributed by atoms with Gasteiger partial charge >= 0.3 is 0 Å². The molecule has 0 amide bonds. The lowest BCUT2D eigenvalue weighted by molar-refractivity contribution is 0.0940. The second-order valence-electron chi connectivity index (χ2n) is 5.87. The number of hydrogen-bond donors (Lipinski definition) is 1. The molecule has 1 aliphatic rings. The summed E-state index contributed by atoms with van der Waals surface area (Å²) in [5, 5.41) is 7.59. The zero-order valence-corrected chi connectivity index (χ0v) is 13.7. The maximum Gasteiger partial charge on any atom is 0.224 e. The third kappa shape index (κ3) is 4.13. The van der Waals surface area contributed by atoms with Gasteiger partial charge in [0.25, 0.3) is 0 Å². The number of aromatic nitrogens is 4. The molecular weight excluding hydrogens is 318 g/mol. The normalized spacial score (nSPS) is 16.7. The minimum Gasteiger partial charge on any atom is -0.439 e. The van der Waals surface area contributed by atoms with Crippen LogP contribution in [0.2, 0.25) is 0 Å². The first-order chi connectivity index (χ1) is 12.3.